The smallest absolute Gasteiger partial charge is 0.275 e. The van der Waals surface area contributed by atoms with Crippen LogP contribution in [-0.2, 0) is 6.54 Å². The highest BCUT2D eigenvalue weighted by Crippen LogP contribution is 2.28. The normalized spacial score (nSPS) is 11.2. The topological polar surface area (TPSA) is 64.8 Å². The van der Waals surface area contributed by atoms with Gasteiger partial charge in [0.15, 0.2) is 0 Å². The molecule has 3 aromatic carbocycles. The first-order valence-electron chi connectivity index (χ1n) is 10.5. The maximum atomic E-state index is 12.7. The highest BCUT2D eigenvalue weighted by molar-refractivity contribution is 6.42. The fourth-order valence-corrected chi connectivity index (χ4v) is 4.17. The molecular formula is C26H23Cl2N3O3. The second-order valence-electron chi connectivity index (χ2n) is 7.62. The molecule has 174 valence electrons. The molecule has 34 heavy (non-hydrogen) atoms. The zero-order valence-corrected chi connectivity index (χ0v) is 20.4. The van der Waals surface area contributed by atoms with Crippen molar-refractivity contribution in [2.24, 2.45) is 5.10 Å². The second-order valence-corrected chi connectivity index (χ2v) is 8.43. The Bertz CT molecular complexity index is 1400. The number of rotatable bonds is 7. The van der Waals surface area contributed by atoms with Gasteiger partial charge < -0.3 is 14.0 Å². The van der Waals surface area contributed by atoms with Crippen LogP contribution in [0.4, 0.5) is 0 Å². The van der Waals surface area contributed by atoms with Crippen molar-refractivity contribution >= 4 is 46.2 Å². The number of ether oxygens (including phenoxy) is 2. The Morgan fingerprint density at radius 2 is 1.82 bits per heavy atom. The highest BCUT2D eigenvalue weighted by Gasteiger charge is 2.15. The lowest BCUT2D eigenvalue weighted by Gasteiger charge is -2.10. The number of aromatic nitrogens is 1. The lowest BCUT2D eigenvalue weighted by atomic mass is 10.1. The number of nitrogens with one attached hydrogen (secondary N) is 1. The molecule has 0 aliphatic carbocycles. The Labute approximate surface area is 207 Å². The molecular weight excluding hydrogens is 473 g/mol. The Kier molecular flexibility index (Phi) is 7.10. The number of carbonyl (C=O) groups excluding carboxylic acids is 1. The number of fused-ring (bicyclic) bond motifs is 1. The molecule has 0 aliphatic rings. The van der Waals surface area contributed by atoms with Crippen LogP contribution in [0.15, 0.2) is 65.8 Å². The van der Waals surface area contributed by atoms with Crippen LogP contribution in [0.3, 0.4) is 0 Å². The monoisotopic (exact) mass is 495 g/mol. The van der Waals surface area contributed by atoms with Crippen molar-refractivity contribution in [3.63, 3.8) is 0 Å². The van der Waals surface area contributed by atoms with E-state index in [1.807, 2.05) is 37.3 Å². The van der Waals surface area contributed by atoms with Crippen LogP contribution in [-0.4, -0.2) is 30.9 Å². The van der Waals surface area contributed by atoms with Crippen molar-refractivity contribution in [2.45, 2.75) is 13.5 Å². The van der Waals surface area contributed by atoms with Gasteiger partial charge in [0.05, 0.1) is 36.0 Å². The number of nitrogens with zero attached hydrogens (tertiary/aromatic N) is 2. The van der Waals surface area contributed by atoms with E-state index in [0.717, 1.165) is 27.7 Å². The summed E-state index contributed by atoms with van der Waals surface area (Å²) in [7, 11) is 3.06. The number of methoxy groups -OCH3 is 2. The minimum absolute atomic E-state index is 0.360. The van der Waals surface area contributed by atoms with E-state index >= 15 is 0 Å². The molecule has 0 radical (unpaired) electrons. The molecule has 0 bridgehead atoms. The first kappa shape index (κ1) is 23.7. The van der Waals surface area contributed by atoms with Gasteiger partial charge >= 0.3 is 0 Å². The Hall–Kier alpha value is -3.48. The molecule has 1 aromatic heterocycles. The van der Waals surface area contributed by atoms with E-state index in [2.05, 4.69) is 21.2 Å². The van der Waals surface area contributed by atoms with E-state index in [1.54, 1.807) is 37.6 Å². The van der Waals surface area contributed by atoms with Gasteiger partial charge in [0.1, 0.15) is 11.5 Å². The summed E-state index contributed by atoms with van der Waals surface area (Å²) in [5.41, 5.74) is 6.96. The van der Waals surface area contributed by atoms with Gasteiger partial charge in [0.2, 0.25) is 0 Å². The maximum absolute atomic E-state index is 12.7. The van der Waals surface area contributed by atoms with Crippen molar-refractivity contribution in [3.05, 3.63) is 93.1 Å². The summed E-state index contributed by atoms with van der Waals surface area (Å²) in [6.07, 6.45) is 1.66. The van der Waals surface area contributed by atoms with E-state index in [9.17, 15) is 4.79 Å². The summed E-state index contributed by atoms with van der Waals surface area (Å²) >= 11 is 12.3. The molecule has 0 saturated heterocycles. The fraction of sp³-hybridized carbons (Fsp3) is 0.154. The number of hydrogen-bond donors (Lipinski definition) is 1. The van der Waals surface area contributed by atoms with Crippen LogP contribution in [0.1, 0.15) is 27.2 Å². The van der Waals surface area contributed by atoms with E-state index < -0.39 is 0 Å². The third kappa shape index (κ3) is 4.74. The number of para-hydroxylation sites is 1. The van der Waals surface area contributed by atoms with Gasteiger partial charge in [-0.1, -0.05) is 47.5 Å². The van der Waals surface area contributed by atoms with Gasteiger partial charge in [-0.25, -0.2) is 5.43 Å². The van der Waals surface area contributed by atoms with Crippen LogP contribution in [0.5, 0.6) is 11.5 Å². The average molecular weight is 496 g/mol. The Balaban J connectivity index is 1.62. The van der Waals surface area contributed by atoms with E-state index in [4.69, 9.17) is 32.7 Å². The molecule has 1 heterocycles. The van der Waals surface area contributed by atoms with Crippen molar-refractivity contribution in [2.75, 3.05) is 14.2 Å². The molecule has 6 nitrogen and oxygen atoms in total. The summed E-state index contributed by atoms with van der Waals surface area (Å²) in [5, 5.41) is 6.30. The van der Waals surface area contributed by atoms with Gasteiger partial charge in [-0.3, -0.25) is 4.79 Å². The van der Waals surface area contributed by atoms with Gasteiger partial charge in [-0.2, -0.15) is 5.10 Å². The Morgan fingerprint density at radius 3 is 2.56 bits per heavy atom. The molecule has 0 spiro atoms. The van der Waals surface area contributed by atoms with Gasteiger partial charge in [0, 0.05) is 34.8 Å². The molecule has 4 rings (SSSR count). The molecule has 0 saturated carbocycles. The lowest BCUT2D eigenvalue weighted by Crippen LogP contribution is -2.18. The van der Waals surface area contributed by atoms with Crippen molar-refractivity contribution < 1.29 is 14.3 Å². The minimum atomic E-state index is -0.382. The van der Waals surface area contributed by atoms with Crippen molar-refractivity contribution in [1.82, 2.24) is 9.99 Å². The first-order chi connectivity index (χ1) is 16.4. The van der Waals surface area contributed by atoms with Gasteiger partial charge in [-0.05, 0) is 42.8 Å². The van der Waals surface area contributed by atoms with E-state index in [-0.39, 0.29) is 5.91 Å². The highest BCUT2D eigenvalue weighted by atomic mass is 35.5. The second kappa shape index (κ2) is 10.2. The molecule has 1 N–H and O–H groups in total. The standard InChI is InChI=1S/C26H23Cl2N3O3/c1-16-21(14-29-30-26(32)20-10-9-18(33-2)13-25(20)34-3)19-6-4-5-7-24(19)31(16)15-17-8-11-22(27)23(28)12-17/h4-14H,15H2,1-3H3,(H,30,32)/b29-14-. The number of hydrazone groups is 1. The van der Waals surface area contributed by atoms with Crippen LogP contribution in [0.25, 0.3) is 10.9 Å². The minimum Gasteiger partial charge on any atom is -0.497 e. The van der Waals surface area contributed by atoms with Crippen molar-refractivity contribution in [1.29, 1.82) is 0 Å². The summed E-state index contributed by atoms with van der Waals surface area (Å²) in [4.78, 5) is 12.7. The zero-order valence-electron chi connectivity index (χ0n) is 18.9. The van der Waals surface area contributed by atoms with Crippen LogP contribution in [0.2, 0.25) is 10.0 Å². The molecule has 0 unspecified atom stereocenters. The summed E-state index contributed by atoms with van der Waals surface area (Å²) in [5.74, 6) is 0.622. The van der Waals surface area contributed by atoms with E-state index in [0.29, 0.717) is 33.7 Å². The molecule has 4 aromatic rings. The molecule has 8 heteroatoms. The van der Waals surface area contributed by atoms with Crippen LogP contribution < -0.4 is 14.9 Å². The average Bonchev–Trinajstić information content (AvgIpc) is 3.11. The molecule has 0 aliphatic heterocycles. The number of carbonyl (C=O) groups is 1. The number of amides is 1. The summed E-state index contributed by atoms with van der Waals surface area (Å²) in [6.45, 7) is 2.64. The zero-order chi connectivity index (χ0) is 24.2. The number of hydrogen-bond acceptors (Lipinski definition) is 4. The SMILES string of the molecule is COc1ccc(C(=O)N/N=C\c2c(C)n(Cc3ccc(Cl)c(Cl)c3)c3ccccc23)c(OC)c1. The molecule has 1 amide bonds. The molecule has 0 fully saturated rings. The first-order valence-corrected chi connectivity index (χ1v) is 11.3. The fourth-order valence-electron chi connectivity index (χ4n) is 3.85. The van der Waals surface area contributed by atoms with Gasteiger partial charge in [-0.15, -0.1) is 0 Å². The number of benzene rings is 3. The largest absolute Gasteiger partial charge is 0.497 e. The lowest BCUT2D eigenvalue weighted by molar-refractivity contribution is 0.0952. The predicted octanol–water partition coefficient (Wildman–Crippen LogP) is 6.09. The van der Waals surface area contributed by atoms with E-state index in [1.165, 1.54) is 7.11 Å². The van der Waals surface area contributed by atoms with Crippen LogP contribution >= 0.6 is 23.2 Å². The number of halogens is 2. The predicted molar refractivity (Wildman–Crippen MR) is 137 cm³/mol. The third-order valence-corrected chi connectivity index (χ3v) is 6.36. The van der Waals surface area contributed by atoms with Crippen LogP contribution in [0, 0.1) is 6.92 Å². The summed E-state index contributed by atoms with van der Waals surface area (Å²) < 4.78 is 12.7. The quantitative estimate of drug-likeness (QED) is 0.249. The maximum Gasteiger partial charge on any atom is 0.275 e. The molecule has 0 atom stereocenters. The summed E-state index contributed by atoms with van der Waals surface area (Å²) in [6, 6.07) is 18.7. The Morgan fingerprint density at radius 1 is 1.03 bits per heavy atom. The van der Waals surface area contributed by atoms with Gasteiger partial charge in [0.25, 0.3) is 5.91 Å². The third-order valence-electron chi connectivity index (χ3n) is 5.62. The van der Waals surface area contributed by atoms with Crippen molar-refractivity contribution in [3.8, 4) is 11.5 Å².